The topological polar surface area (TPSA) is 110 Å². The SMILES string of the molecule is CCC(=O)O[C@@H](O[P@](=O)(CCCCc1ccccc1)CC(=O)N1C[C@H](C2CCCCC2)C[C@@H]1C(=O)O)C(C)C. The Morgan fingerprint density at radius 2 is 1.74 bits per heavy atom. The number of benzene rings is 1. The van der Waals surface area contributed by atoms with Crippen LogP contribution in [0.3, 0.4) is 0 Å². The highest BCUT2D eigenvalue weighted by Gasteiger charge is 2.44. The van der Waals surface area contributed by atoms with Gasteiger partial charge in [0.2, 0.25) is 19.6 Å². The van der Waals surface area contributed by atoms with E-state index in [1.807, 2.05) is 44.2 Å². The van der Waals surface area contributed by atoms with E-state index in [-0.39, 0.29) is 30.6 Å². The Morgan fingerprint density at radius 3 is 2.36 bits per heavy atom. The van der Waals surface area contributed by atoms with Gasteiger partial charge in [-0.25, -0.2) is 4.79 Å². The molecule has 2 fully saturated rings. The number of nitrogens with zero attached hydrogens (tertiary/aromatic N) is 1. The second kappa shape index (κ2) is 15.0. The number of esters is 1. The normalized spacial score (nSPS) is 22.4. The van der Waals surface area contributed by atoms with E-state index in [2.05, 4.69) is 0 Å². The zero-order chi connectivity index (χ0) is 28.4. The molecule has 1 amide bonds. The lowest BCUT2D eigenvalue weighted by Crippen LogP contribution is -2.42. The van der Waals surface area contributed by atoms with Crippen molar-refractivity contribution in [1.82, 2.24) is 4.90 Å². The van der Waals surface area contributed by atoms with E-state index in [9.17, 15) is 24.1 Å². The van der Waals surface area contributed by atoms with Crippen LogP contribution < -0.4 is 0 Å². The number of amides is 1. The first-order valence-corrected chi connectivity index (χ1v) is 16.6. The highest BCUT2D eigenvalue weighted by atomic mass is 31.2. The summed E-state index contributed by atoms with van der Waals surface area (Å²) < 4.78 is 25.7. The summed E-state index contributed by atoms with van der Waals surface area (Å²) in [6.07, 6.45) is 7.12. The van der Waals surface area contributed by atoms with Crippen molar-refractivity contribution in [3.8, 4) is 0 Å². The minimum atomic E-state index is -3.60. The quantitative estimate of drug-likeness (QED) is 0.126. The van der Waals surface area contributed by atoms with Crippen LogP contribution in [0, 0.1) is 17.8 Å². The number of carboxylic acid groups (broad SMARTS) is 1. The first kappa shape index (κ1) is 31.3. The molecule has 1 saturated carbocycles. The second-order valence-electron chi connectivity index (χ2n) is 11.5. The molecule has 8 nitrogen and oxygen atoms in total. The van der Waals surface area contributed by atoms with Gasteiger partial charge in [0.15, 0.2) is 0 Å². The molecule has 0 bridgehead atoms. The number of carbonyl (C=O) groups excluding carboxylic acids is 2. The summed E-state index contributed by atoms with van der Waals surface area (Å²) in [7, 11) is -3.60. The van der Waals surface area contributed by atoms with Crippen molar-refractivity contribution in [3.63, 3.8) is 0 Å². The van der Waals surface area contributed by atoms with Crippen LogP contribution in [0.15, 0.2) is 30.3 Å². The lowest BCUT2D eigenvalue weighted by molar-refractivity contribution is -0.169. The van der Waals surface area contributed by atoms with Crippen molar-refractivity contribution in [2.24, 2.45) is 17.8 Å². The molecule has 39 heavy (non-hydrogen) atoms. The molecule has 1 aliphatic heterocycles. The van der Waals surface area contributed by atoms with Gasteiger partial charge in [-0.3, -0.25) is 18.7 Å². The number of carboxylic acids is 1. The molecule has 1 N–H and O–H groups in total. The second-order valence-corrected chi connectivity index (χ2v) is 14.1. The van der Waals surface area contributed by atoms with Gasteiger partial charge in [-0.2, -0.15) is 0 Å². The maximum Gasteiger partial charge on any atom is 0.326 e. The van der Waals surface area contributed by atoms with Gasteiger partial charge in [-0.05, 0) is 43.1 Å². The number of ether oxygens (including phenoxy) is 1. The molecule has 1 aliphatic carbocycles. The molecular weight excluding hydrogens is 517 g/mol. The summed E-state index contributed by atoms with van der Waals surface area (Å²) in [4.78, 5) is 39.2. The minimum Gasteiger partial charge on any atom is -0.480 e. The molecule has 218 valence electrons. The molecular formula is C30H46NO7P. The highest BCUT2D eigenvalue weighted by Crippen LogP contribution is 2.51. The van der Waals surface area contributed by atoms with Crippen molar-refractivity contribution in [3.05, 3.63) is 35.9 Å². The Balaban J connectivity index is 1.73. The maximum absolute atomic E-state index is 14.2. The Kier molecular flexibility index (Phi) is 12.1. The molecule has 1 heterocycles. The third kappa shape index (κ3) is 9.46. The highest BCUT2D eigenvalue weighted by molar-refractivity contribution is 7.59. The van der Waals surface area contributed by atoms with Crippen LogP contribution in [0.25, 0.3) is 0 Å². The number of likely N-dealkylation sites (tertiary alicyclic amines) is 1. The van der Waals surface area contributed by atoms with Crippen molar-refractivity contribution >= 4 is 25.2 Å². The van der Waals surface area contributed by atoms with Gasteiger partial charge in [0.1, 0.15) is 12.2 Å². The number of aliphatic carboxylic acids is 1. The lowest BCUT2D eigenvalue weighted by atomic mass is 9.79. The van der Waals surface area contributed by atoms with Crippen molar-refractivity contribution < 1.29 is 33.3 Å². The van der Waals surface area contributed by atoms with Crippen molar-refractivity contribution in [2.75, 3.05) is 18.9 Å². The van der Waals surface area contributed by atoms with Crippen molar-refractivity contribution in [2.45, 2.75) is 97.3 Å². The molecule has 4 atom stereocenters. The van der Waals surface area contributed by atoms with Crippen LogP contribution in [-0.2, 0) is 34.6 Å². The van der Waals surface area contributed by atoms with Crippen LogP contribution in [-0.4, -0.2) is 59.1 Å². The van der Waals surface area contributed by atoms with E-state index in [1.165, 1.54) is 16.9 Å². The Labute approximate surface area is 233 Å². The van der Waals surface area contributed by atoms with E-state index >= 15 is 0 Å². The summed E-state index contributed by atoms with van der Waals surface area (Å²) >= 11 is 0. The van der Waals surface area contributed by atoms with E-state index in [4.69, 9.17) is 9.26 Å². The fourth-order valence-electron chi connectivity index (χ4n) is 5.80. The third-order valence-corrected chi connectivity index (χ3v) is 10.4. The molecule has 0 radical (unpaired) electrons. The smallest absolute Gasteiger partial charge is 0.326 e. The van der Waals surface area contributed by atoms with Crippen molar-refractivity contribution in [1.29, 1.82) is 0 Å². The summed E-state index contributed by atoms with van der Waals surface area (Å²) in [5.74, 6) is -1.61. The predicted octanol–water partition coefficient (Wildman–Crippen LogP) is 6.12. The summed E-state index contributed by atoms with van der Waals surface area (Å²) in [5, 5.41) is 9.92. The Bertz CT molecular complexity index is 992. The average Bonchev–Trinajstić information content (AvgIpc) is 3.38. The van der Waals surface area contributed by atoms with Gasteiger partial charge in [-0.1, -0.05) is 83.2 Å². The molecule has 1 aromatic rings. The van der Waals surface area contributed by atoms with Gasteiger partial charge in [0.05, 0.1) is 0 Å². The van der Waals surface area contributed by atoms with Crippen LogP contribution in [0.4, 0.5) is 0 Å². The molecule has 3 rings (SSSR count). The number of rotatable bonds is 14. The number of unbranched alkanes of at least 4 members (excludes halogenated alkanes) is 1. The fraction of sp³-hybridized carbons (Fsp3) is 0.700. The molecule has 1 aromatic carbocycles. The number of hydrogen-bond acceptors (Lipinski definition) is 6. The predicted molar refractivity (Wildman–Crippen MR) is 151 cm³/mol. The average molecular weight is 564 g/mol. The molecule has 0 aromatic heterocycles. The fourth-order valence-corrected chi connectivity index (χ4v) is 8.10. The summed E-state index contributed by atoms with van der Waals surface area (Å²) in [6, 6.07) is 9.10. The van der Waals surface area contributed by atoms with E-state index in [0.717, 1.165) is 38.5 Å². The van der Waals surface area contributed by atoms with Gasteiger partial charge in [0.25, 0.3) is 0 Å². The largest absolute Gasteiger partial charge is 0.480 e. The zero-order valence-corrected chi connectivity index (χ0v) is 24.7. The van der Waals surface area contributed by atoms with Crippen LogP contribution >= 0.6 is 7.37 Å². The van der Waals surface area contributed by atoms with Crippen LogP contribution in [0.1, 0.15) is 84.1 Å². The number of aryl methyl sites for hydroxylation is 1. The van der Waals surface area contributed by atoms with Crippen LogP contribution in [0.5, 0.6) is 0 Å². The summed E-state index contributed by atoms with van der Waals surface area (Å²) in [5.41, 5.74) is 1.18. The number of hydrogen-bond donors (Lipinski definition) is 1. The Morgan fingerprint density at radius 1 is 1.05 bits per heavy atom. The van der Waals surface area contributed by atoms with Gasteiger partial charge in [0, 0.05) is 25.0 Å². The zero-order valence-electron chi connectivity index (χ0n) is 23.8. The molecule has 2 aliphatic rings. The monoisotopic (exact) mass is 563 g/mol. The van der Waals surface area contributed by atoms with Gasteiger partial charge >= 0.3 is 11.9 Å². The molecule has 0 unspecified atom stereocenters. The minimum absolute atomic E-state index is 0.149. The number of carbonyl (C=O) groups is 3. The molecule has 1 saturated heterocycles. The lowest BCUT2D eigenvalue weighted by Gasteiger charge is -2.30. The van der Waals surface area contributed by atoms with E-state index in [0.29, 0.717) is 25.3 Å². The van der Waals surface area contributed by atoms with Gasteiger partial charge < -0.3 is 14.7 Å². The standard InChI is InChI=1S/C30H46NO7P/c1-4-28(33)37-30(22(2)3)38-39(36,18-12-11-15-23-13-7-5-8-14-23)21-27(32)31-20-25(19-26(31)29(34)35)24-16-9-6-10-17-24/h5,7-8,13-14,22,24-26,30H,4,6,9-12,15-21H2,1-3H3,(H,34,35)/t25-,26-,30+,39-/m1/s1. The van der Waals surface area contributed by atoms with Gasteiger partial charge in [-0.15, -0.1) is 0 Å². The molecule has 0 spiro atoms. The first-order valence-electron chi connectivity index (χ1n) is 14.6. The Hall–Kier alpha value is -2.18. The molecule has 9 heteroatoms. The first-order chi connectivity index (χ1) is 18.6. The summed E-state index contributed by atoms with van der Waals surface area (Å²) in [6.45, 7) is 5.68. The van der Waals surface area contributed by atoms with E-state index in [1.54, 1.807) is 6.92 Å². The van der Waals surface area contributed by atoms with E-state index < -0.39 is 37.5 Å². The maximum atomic E-state index is 14.2. The van der Waals surface area contributed by atoms with Crippen LogP contribution in [0.2, 0.25) is 0 Å². The third-order valence-electron chi connectivity index (χ3n) is 8.07.